The number of anilines is 1. The molecule has 138 valence electrons. The first-order chi connectivity index (χ1) is 13.1. The van der Waals surface area contributed by atoms with Gasteiger partial charge in [-0.25, -0.2) is 9.07 Å². The fourth-order valence-corrected chi connectivity index (χ4v) is 2.64. The average molecular weight is 433 g/mol. The van der Waals surface area contributed by atoms with Gasteiger partial charge < -0.3 is 10.2 Å². The molecular weight excluding hydrogens is 419 g/mol. The quantitative estimate of drug-likeness (QED) is 0.476. The number of carbonyl (C=O) groups excluding carboxylic acids is 1. The molecule has 27 heavy (non-hydrogen) atoms. The molecule has 10 heteroatoms. The van der Waals surface area contributed by atoms with Gasteiger partial charge in [-0.2, -0.15) is 0 Å². The maximum atomic E-state index is 13.8. The molecule has 0 aliphatic heterocycles. The third-order valence-corrected chi connectivity index (χ3v) is 4.12. The minimum absolute atomic E-state index is 0.0378. The largest absolute Gasteiger partial charge is 0.385 e. The summed E-state index contributed by atoms with van der Waals surface area (Å²) in [6, 6.07) is 13.5. The predicted octanol–water partition coefficient (Wildman–Crippen LogP) is 2.52. The van der Waals surface area contributed by atoms with Gasteiger partial charge in [0.2, 0.25) is 5.82 Å². The third kappa shape index (κ3) is 4.53. The highest BCUT2D eigenvalue weighted by atomic mass is 79.9. The second-order valence-corrected chi connectivity index (χ2v) is 6.20. The number of nitrogens with one attached hydrogen (secondary N) is 1. The van der Waals surface area contributed by atoms with Gasteiger partial charge in [0.25, 0.3) is 5.91 Å². The Morgan fingerprint density at radius 1 is 1.26 bits per heavy atom. The highest BCUT2D eigenvalue weighted by Gasteiger charge is 2.15. The predicted molar refractivity (Wildman–Crippen MR) is 99.6 cm³/mol. The number of hydrogen-bond donors (Lipinski definition) is 1. The maximum absolute atomic E-state index is 13.8. The van der Waals surface area contributed by atoms with Crippen LogP contribution in [0.2, 0.25) is 0 Å². The van der Waals surface area contributed by atoms with E-state index in [4.69, 9.17) is 4.84 Å². The number of aromatic nitrogens is 4. The number of amides is 1. The Hall–Kier alpha value is -3.14. The van der Waals surface area contributed by atoms with E-state index in [1.807, 2.05) is 30.3 Å². The van der Waals surface area contributed by atoms with E-state index in [0.29, 0.717) is 21.6 Å². The van der Waals surface area contributed by atoms with E-state index in [-0.39, 0.29) is 5.69 Å². The molecule has 1 aromatic heterocycles. The standard InChI is InChI=1S/C17H14BrFN6O2/c1-25-17(21-23-24-25)15(11-6-3-2-4-7-11)22-27-10-14(26)20-16-12(18)8-5-9-13(16)19/h2-9H,10H2,1H3,(H,20,26)/b22-15-. The number of rotatable bonds is 6. The highest BCUT2D eigenvalue weighted by molar-refractivity contribution is 9.10. The van der Waals surface area contributed by atoms with Gasteiger partial charge in [0, 0.05) is 17.1 Å². The summed E-state index contributed by atoms with van der Waals surface area (Å²) in [5.74, 6) is -0.747. The molecule has 1 heterocycles. The molecule has 0 atom stereocenters. The molecule has 3 rings (SSSR count). The summed E-state index contributed by atoms with van der Waals surface area (Å²) in [5.41, 5.74) is 1.12. The molecule has 3 aromatic rings. The lowest BCUT2D eigenvalue weighted by molar-refractivity contribution is -0.120. The number of hydrogen-bond acceptors (Lipinski definition) is 6. The van der Waals surface area contributed by atoms with Crippen molar-refractivity contribution in [1.29, 1.82) is 0 Å². The molecular formula is C17H14BrFN6O2. The van der Waals surface area contributed by atoms with Gasteiger partial charge in [-0.15, -0.1) is 5.10 Å². The Bertz CT molecular complexity index is 956. The van der Waals surface area contributed by atoms with Crippen LogP contribution in [-0.4, -0.2) is 38.4 Å². The van der Waals surface area contributed by atoms with Crippen LogP contribution in [0.1, 0.15) is 11.4 Å². The van der Waals surface area contributed by atoms with Crippen molar-refractivity contribution in [1.82, 2.24) is 20.2 Å². The van der Waals surface area contributed by atoms with E-state index >= 15 is 0 Å². The number of aryl methyl sites for hydroxylation is 1. The van der Waals surface area contributed by atoms with E-state index in [1.54, 1.807) is 13.1 Å². The molecule has 0 radical (unpaired) electrons. The summed E-state index contributed by atoms with van der Waals surface area (Å²) in [5, 5.41) is 17.7. The zero-order valence-electron chi connectivity index (χ0n) is 14.1. The molecule has 0 aliphatic rings. The first-order valence-electron chi connectivity index (χ1n) is 7.78. The van der Waals surface area contributed by atoms with Crippen molar-refractivity contribution in [3.05, 3.63) is 70.2 Å². The summed E-state index contributed by atoms with van der Waals surface area (Å²) < 4.78 is 15.6. The molecule has 8 nitrogen and oxygen atoms in total. The first-order valence-corrected chi connectivity index (χ1v) is 8.57. The second kappa shape index (κ2) is 8.49. The lowest BCUT2D eigenvalue weighted by Crippen LogP contribution is -2.19. The average Bonchev–Trinajstić information content (AvgIpc) is 3.08. The van der Waals surface area contributed by atoms with Crippen molar-refractivity contribution >= 4 is 33.2 Å². The van der Waals surface area contributed by atoms with Crippen LogP contribution in [0.15, 0.2) is 58.2 Å². The third-order valence-electron chi connectivity index (χ3n) is 3.46. The highest BCUT2D eigenvalue weighted by Crippen LogP contribution is 2.24. The molecule has 2 aromatic carbocycles. The number of para-hydroxylation sites is 1. The van der Waals surface area contributed by atoms with Crippen molar-refractivity contribution in [2.24, 2.45) is 12.2 Å². The van der Waals surface area contributed by atoms with Gasteiger partial charge in [-0.3, -0.25) is 4.79 Å². The minimum Gasteiger partial charge on any atom is -0.385 e. The molecule has 0 unspecified atom stereocenters. The van der Waals surface area contributed by atoms with Crippen LogP contribution in [0.4, 0.5) is 10.1 Å². The fraction of sp³-hybridized carbons (Fsp3) is 0.118. The van der Waals surface area contributed by atoms with Gasteiger partial charge in [-0.1, -0.05) is 41.6 Å². The van der Waals surface area contributed by atoms with Crippen LogP contribution >= 0.6 is 15.9 Å². The van der Waals surface area contributed by atoms with Crippen LogP contribution in [-0.2, 0) is 16.7 Å². The van der Waals surface area contributed by atoms with Gasteiger partial charge in [0.1, 0.15) is 5.82 Å². The van der Waals surface area contributed by atoms with Crippen LogP contribution in [0.3, 0.4) is 0 Å². The number of tetrazole rings is 1. The van der Waals surface area contributed by atoms with Crippen molar-refractivity contribution in [3.63, 3.8) is 0 Å². The zero-order chi connectivity index (χ0) is 19.2. The normalized spacial score (nSPS) is 11.3. The van der Waals surface area contributed by atoms with Gasteiger partial charge in [0.15, 0.2) is 12.3 Å². The SMILES string of the molecule is Cn1nnnc1/C(=N\OCC(=O)Nc1c(F)cccc1Br)c1ccccc1. The van der Waals surface area contributed by atoms with Gasteiger partial charge in [-0.05, 0) is 38.5 Å². The summed E-state index contributed by atoms with van der Waals surface area (Å²) in [4.78, 5) is 17.2. The van der Waals surface area contributed by atoms with E-state index in [9.17, 15) is 9.18 Å². The summed E-state index contributed by atoms with van der Waals surface area (Å²) in [7, 11) is 1.66. The Morgan fingerprint density at radius 3 is 2.70 bits per heavy atom. The van der Waals surface area contributed by atoms with E-state index in [1.165, 1.54) is 16.8 Å². The van der Waals surface area contributed by atoms with Crippen LogP contribution in [0.5, 0.6) is 0 Å². The zero-order valence-corrected chi connectivity index (χ0v) is 15.7. The van der Waals surface area contributed by atoms with Crippen LogP contribution in [0, 0.1) is 5.82 Å². The molecule has 1 amide bonds. The van der Waals surface area contributed by atoms with Gasteiger partial charge in [0.05, 0.1) is 5.69 Å². The van der Waals surface area contributed by atoms with E-state index in [0.717, 1.165) is 0 Å². The Kier molecular flexibility index (Phi) is 5.87. The first kappa shape index (κ1) is 18.6. The molecule has 0 spiro atoms. The summed E-state index contributed by atoms with van der Waals surface area (Å²) in [6.07, 6.45) is 0. The van der Waals surface area contributed by atoms with E-state index < -0.39 is 18.3 Å². The fourth-order valence-electron chi connectivity index (χ4n) is 2.20. The Morgan fingerprint density at radius 2 is 2.04 bits per heavy atom. The van der Waals surface area contributed by atoms with Crippen LogP contribution in [0.25, 0.3) is 0 Å². The molecule has 0 bridgehead atoms. The second-order valence-electron chi connectivity index (χ2n) is 5.35. The number of carbonyl (C=O) groups is 1. The molecule has 0 fully saturated rings. The minimum atomic E-state index is -0.562. The topological polar surface area (TPSA) is 94.3 Å². The van der Waals surface area contributed by atoms with Crippen LogP contribution < -0.4 is 5.32 Å². The number of nitrogens with zero attached hydrogens (tertiary/aromatic N) is 5. The lowest BCUT2D eigenvalue weighted by Gasteiger charge is -2.08. The number of benzene rings is 2. The molecule has 1 N–H and O–H groups in total. The molecule has 0 aliphatic carbocycles. The summed E-state index contributed by atoms with van der Waals surface area (Å²) in [6.45, 7) is -0.414. The van der Waals surface area contributed by atoms with Crippen molar-refractivity contribution < 1.29 is 14.0 Å². The summed E-state index contributed by atoms with van der Waals surface area (Å²) >= 11 is 3.18. The van der Waals surface area contributed by atoms with Crippen molar-refractivity contribution in [3.8, 4) is 0 Å². The Balaban J connectivity index is 1.74. The Labute approximate surface area is 162 Å². The number of oxime groups is 1. The van der Waals surface area contributed by atoms with Crippen molar-refractivity contribution in [2.75, 3.05) is 11.9 Å². The lowest BCUT2D eigenvalue weighted by atomic mass is 10.1. The smallest absolute Gasteiger partial charge is 0.265 e. The number of halogens is 2. The maximum Gasteiger partial charge on any atom is 0.265 e. The molecule has 0 saturated heterocycles. The molecule has 0 saturated carbocycles. The van der Waals surface area contributed by atoms with E-state index in [2.05, 4.69) is 41.9 Å². The monoisotopic (exact) mass is 432 g/mol. The van der Waals surface area contributed by atoms with Gasteiger partial charge >= 0.3 is 0 Å². The van der Waals surface area contributed by atoms with Crippen molar-refractivity contribution in [2.45, 2.75) is 0 Å².